The van der Waals surface area contributed by atoms with E-state index in [9.17, 15) is 24.3 Å². The number of aliphatic hydroxyl groups is 1. The lowest BCUT2D eigenvalue weighted by molar-refractivity contribution is -0.175. The van der Waals surface area contributed by atoms with Crippen LogP contribution in [0.25, 0.3) is 5.57 Å². The number of hydrogen-bond donors (Lipinski definition) is 2. The average Bonchev–Trinajstić information content (AvgIpc) is 3.39. The van der Waals surface area contributed by atoms with Crippen LogP contribution in [0.4, 0.5) is 5.95 Å². The van der Waals surface area contributed by atoms with E-state index in [1.165, 1.54) is 4.90 Å². The molecule has 0 unspecified atom stereocenters. The molecule has 11 heteroatoms. The standard InChI is InChI=1S/C27H32N4O7/c1-15(32)21-19-13-18(22(31(19)23(21)34)24(35)37-14-38-25(36)27(2,3)4)17-8-6-16(7-9-17)12-20(33)29-26-28-10-11-30(26)5/h6-11,15,19,21,32H,12-14H2,1-5H3,(H,28,29,33)/t15-,19-,21-/m1/s1. The molecule has 0 saturated carbocycles. The number of nitrogens with zero attached hydrogens (tertiary/aromatic N) is 3. The van der Waals surface area contributed by atoms with Crippen molar-refractivity contribution in [2.45, 2.75) is 52.7 Å². The number of esters is 2. The topological polar surface area (TPSA) is 140 Å². The van der Waals surface area contributed by atoms with E-state index >= 15 is 0 Å². The molecule has 2 aromatic rings. The Hall–Kier alpha value is -3.99. The van der Waals surface area contributed by atoms with Crippen LogP contribution in [0, 0.1) is 11.3 Å². The van der Waals surface area contributed by atoms with Gasteiger partial charge in [0.1, 0.15) is 5.70 Å². The SMILES string of the molecule is C[C@@H](O)[C@H]1C(=O)N2C(C(=O)OCOC(=O)C(C)(C)C)=C(c3ccc(CC(=O)Nc4nccn4C)cc3)C[C@H]12. The molecule has 1 aromatic heterocycles. The maximum Gasteiger partial charge on any atom is 0.358 e. The summed E-state index contributed by atoms with van der Waals surface area (Å²) in [5, 5.41) is 12.8. The fourth-order valence-electron chi connectivity index (χ4n) is 4.60. The highest BCUT2D eigenvalue weighted by Gasteiger charge is 2.57. The van der Waals surface area contributed by atoms with Crippen molar-refractivity contribution in [2.24, 2.45) is 18.4 Å². The minimum Gasteiger partial charge on any atom is -0.427 e. The molecule has 4 rings (SSSR count). The van der Waals surface area contributed by atoms with Crippen LogP contribution in [0.5, 0.6) is 0 Å². The maximum absolute atomic E-state index is 13.1. The number of nitrogens with one attached hydrogen (secondary N) is 1. The first kappa shape index (κ1) is 27.1. The van der Waals surface area contributed by atoms with Gasteiger partial charge in [-0.3, -0.25) is 19.7 Å². The number of carbonyl (C=O) groups excluding carboxylic acids is 4. The summed E-state index contributed by atoms with van der Waals surface area (Å²) in [4.78, 5) is 55.7. The summed E-state index contributed by atoms with van der Waals surface area (Å²) in [7, 11) is 1.78. The van der Waals surface area contributed by atoms with E-state index in [1.54, 1.807) is 76.0 Å². The second-order valence-corrected chi connectivity index (χ2v) is 10.6. The van der Waals surface area contributed by atoms with Crippen LogP contribution >= 0.6 is 0 Å². The van der Waals surface area contributed by atoms with Crippen molar-refractivity contribution in [1.29, 1.82) is 0 Å². The molecule has 2 aliphatic rings. The van der Waals surface area contributed by atoms with Crippen LogP contribution in [0.2, 0.25) is 0 Å². The van der Waals surface area contributed by atoms with E-state index < -0.39 is 36.2 Å². The van der Waals surface area contributed by atoms with E-state index in [4.69, 9.17) is 9.47 Å². The first-order valence-electron chi connectivity index (χ1n) is 12.3. The Morgan fingerprint density at radius 3 is 2.45 bits per heavy atom. The van der Waals surface area contributed by atoms with Crippen LogP contribution in [0.1, 0.15) is 45.2 Å². The quantitative estimate of drug-likeness (QED) is 0.304. The number of carbonyl (C=O) groups is 4. The molecule has 2 N–H and O–H groups in total. The van der Waals surface area contributed by atoms with Gasteiger partial charge in [-0.1, -0.05) is 24.3 Å². The van der Waals surface area contributed by atoms with Gasteiger partial charge < -0.3 is 24.0 Å². The maximum atomic E-state index is 13.1. The number of hydrogen-bond acceptors (Lipinski definition) is 8. The largest absolute Gasteiger partial charge is 0.427 e. The third kappa shape index (κ3) is 5.33. The fourth-order valence-corrected chi connectivity index (χ4v) is 4.60. The van der Waals surface area contributed by atoms with Gasteiger partial charge in [-0.05, 0) is 50.8 Å². The zero-order valence-corrected chi connectivity index (χ0v) is 22.1. The lowest BCUT2D eigenvalue weighted by Crippen LogP contribution is -2.61. The molecular formula is C27H32N4O7. The highest BCUT2D eigenvalue weighted by atomic mass is 16.7. The predicted octanol–water partition coefficient (Wildman–Crippen LogP) is 2.01. The minimum atomic E-state index is -0.868. The Kier molecular flexibility index (Phi) is 7.41. The molecule has 1 aromatic carbocycles. The molecule has 202 valence electrons. The molecule has 0 bridgehead atoms. The number of aryl methyl sites for hydroxylation is 1. The number of β-lactam (4-membered cyclic amide) rings is 1. The predicted molar refractivity (Wildman–Crippen MR) is 136 cm³/mol. The lowest BCUT2D eigenvalue weighted by atomic mass is 9.82. The van der Waals surface area contributed by atoms with Crippen molar-refractivity contribution in [2.75, 3.05) is 12.1 Å². The second-order valence-electron chi connectivity index (χ2n) is 10.6. The summed E-state index contributed by atoms with van der Waals surface area (Å²) < 4.78 is 12.0. The average molecular weight is 525 g/mol. The molecular weight excluding hydrogens is 492 g/mol. The Morgan fingerprint density at radius 1 is 1.18 bits per heavy atom. The number of anilines is 1. The number of fused-ring (bicyclic) bond motifs is 1. The smallest absolute Gasteiger partial charge is 0.358 e. The molecule has 0 spiro atoms. The van der Waals surface area contributed by atoms with E-state index in [0.29, 0.717) is 23.5 Å². The summed E-state index contributed by atoms with van der Waals surface area (Å²) >= 11 is 0. The summed E-state index contributed by atoms with van der Waals surface area (Å²) in [6.07, 6.45) is 2.93. The number of ether oxygens (including phenoxy) is 2. The molecule has 0 radical (unpaired) electrons. The summed E-state index contributed by atoms with van der Waals surface area (Å²) in [6, 6.07) is 6.73. The zero-order valence-electron chi connectivity index (χ0n) is 22.1. The molecule has 11 nitrogen and oxygen atoms in total. The molecule has 1 fully saturated rings. The Balaban J connectivity index is 1.51. The first-order chi connectivity index (χ1) is 17.9. The van der Waals surface area contributed by atoms with Crippen molar-refractivity contribution in [1.82, 2.24) is 14.5 Å². The second kappa shape index (κ2) is 10.4. The number of aromatic nitrogens is 2. The van der Waals surface area contributed by atoms with Gasteiger partial charge in [-0.15, -0.1) is 0 Å². The molecule has 1 saturated heterocycles. The number of benzene rings is 1. The van der Waals surface area contributed by atoms with Crippen molar-refractivity contribution in [3.05, 3.63) is 53.5 Å². The van der Waals surface area contributed by atoms with Gasteiger partial charge in [-0.2, -0.15) is 0 Å². The third-order valence-corrected chi connectivity index (χ3v) is 6.65. The third-order valence-electron chi connectivity index (χ3n) is 6.65. The van der Waals surface area contributed by atoms with Crippen LogP contribution in [0.3, 0.4) is 0 Å². The fraction of sp³-hybridized carbons (Fsp3) is 0.444. The van der Waals surface area contributed by atoms with Crippen LogP contribution < -0.4 is 5.32 Å². The molecule has 2 amide bonds. The van der Waals surface area contributed by atoms with Gasteiger partial charge in [-0.25, -0.2) is 9.78 Å². The lowest BCUT2D eigenvalue weighted by Gasteiger charge is -2.44. The summed E-state index contributed by atoms with van der Waals surface area (Å²) in [6.45, 7) is 6.01. The number of rotatable bonds is 8. The molecule has 0 aliphatic carbocycles. The van der Waals surface area contributed by atoms with Crippen molar-refractivity contribution >= 4 is 35.3 Å². The van der Waals surface area contributed by atoms with Gasteiger partial charge in [0.2, 0.25) is 24.6 Å². The van der Waals surface area contributed by atoms with Gasteiger partial charge in [0.05, 0.1) is 29.9 Å². The van der Waals surface area contributed by atoms with E-state index in [1.807, 2.05) is 0 Å². The summed E-state index contributed by atoms with van der Waals surface area (Å²) in [5.41, 5.74) is 1.33. The molecule has 2 aliphatic heterocycles. The number of aliphatic hydroxyl groups excluding tert-OH is 1. The van der Waals surface area contributed by atoms with Gasteiger partial charge in [0.25, 0.3) is 0 Å². The highest BCUT2D eigenvalue weighted by molar-refractivity contribution is 6.06. The zero-order chi connectivity index (χ0) is 27.8. The normalized spacial score (nSPS) is 19.5. The van der Waals surface area contributed by atoms with E-state index in [0.717, 1.165) is 5.56 Å². The van der Waals surface area contributed by atoms with Crippen molar-refractivity contribution in [3.8, 4) is 0 Å². The Labute approximate surface area is 220 Å². The monoisotopic (exact) mass is 524 g/mol. The van der Waals surface area contributed by atoms with Gasteiger partial charge >= 0.3 is 11.9 Å². The minimum absolute atomic E-state index is 0.0731. The van der Waals surface area contributed by atoms with Crippen LogP contribution in [-0.4, -0.2) is 62.2 Å². The molecule has 3 atom stereocenters. The first-order valence-corrected chi connectivity index (χ1v) is 12.3. The van der Waals surface area contributed by atoms with Crippen LogP contribution in [0.15, 0.2) is 42.4 Å². The number of imidazole rings is 1. The molecule has 3 heterocycles. The van der Waals surface area contributed by atoms with E-state index in [2.05, 4.69) is 10.3 Å². The Bertz CT molecular complexity index is 1290. The highest BCUT2D eigenvalue weighted by Crippen LogP contribution is 2.47. The molecule has 38 heavy (non-hydrogen) atoms. The van der Waals surface area contributed by atoms with Gasteiger partial charge in [0, 0.05) is 19.4 Å². The summed E-state index contributed by atoms with van der Waals surface area (Å²) in [5.74, 6) is -2.08. The van der Waals surface area contributed by atoms with Crippen LogP contribution in [-0.2, 0) is 42.1 Å². The van der Waals surface area contributed by atoms with Gasteiger partial charge in [0.15, 0.2) is 0 Å². The van der Waals surface area contributed by atoms with Crippen molar-refractivity contribution < 1.29 is 33.8 Å². The van der Waals surface area contributed by atoms with E-state index in [-0.39, 0.29) is 30.0 Å². The number of amides is 2. The van der Waals surface area contributed by atoms with Crippen molar-refractivity contribution in [3.63, 3.8) is 0 Å². The Morgan fingerprint density at radius 2 is 1.87 bits per heavy atom.